The molecule has 0 saturated heterocycles. The van der Waals surface area contributed by atoms with Gasteiger partial charge in [-0.1, -0.05) is 6.07 Å². The van der Waals surface area contributed by atoms with Crippen LogP contribution in [0.15, 0.2) is 54.7 Å². The SMILES string of the molecule is COc1cccc(C(=O)Nc2ccc(Nc3ccc(F)c(F)c3F)cn2)c1. The van der Waals surface area contributed by atoms with Crippen LogP contribution in [0.3, 0.4) is 0 Å². The molecule has 138 valence electrons. The zero-order chi connectivity index (χ0) is 19.4. The molecule has 0 saturated carbocycles. The zero-order valence-corrected chi connectivity index (χ0v) is 14.1. The monoisotopic (exact) mass is 373 g/mol. The van der Waals surface area contributed by atoms with Crippen LogP contribution in [-0.2, 0) is 0 Å². The number of nitrogens with zero attached hydrogens (tertiary/aromatic N) is 1. The molecular formula is C19H14F3N3O2. The predicted octanol–water partition coefficient (Wildman–Crippen LogP) is 4.50. The molecule has 0 unspecified atom stereocenters. The van der Waals surface area contributed by atoms with E-state index in [4.69, 9.17) is 4.74 Å². The minimum atomic E-state index is -1.56. The molecule has 0 bridgehead atoms. The number of amides is 1. The van der Waals surface area contributed by atoms with Crippen LogP contribution >= 0.6 is 0 Å². The van der Waals surface area contributed by atoms with Crippen molar-refractivity contribution in [3.05, 3.63) is 77.7 Å². The Bertz CT molecular complexity index is 978. The Labute approximate surface area is 152 Å². The number of hydrogen-bond acceptors (Lipinski definition) is 4. The van der Waals surface area contributed by atoms with E-state index < -0.39 is 17.5 Å². The highest BCUT2D eigenvalue weighted by atomic mass is 19.2. The van der Waals surface area contributed by atoms with Crippen LogP contribution in [0.2, 0.25) is 0 Å². The molecule has 0 spiro atoms. The van der Waals surface area contributed by atoms with Crippen molar-refractivity contribution < 1.29 is 22.7 Å². The molecule has 1 amide bonds. The molecule has 3 aromatic rings. The Balaban J connectivity index is 1.70. The number of aromatic nitrogens is 1. The van der Waals surface area contributed by atoms with Crippen molar-refractivity contribution in [2.45, 2.75) is 0 Å². The van der Waals surface area contributed by atoms with Crippen molar-refractivity contribution in [1.82, 2.24) is 4.98 Å². The Kier molecular flexibility index (Phi) is 5.25. The number of benzene rings is 2. The average Bonchev–Trinajstić information content (AvgIpc) is 2.70. The van der Waals surface area contributed by atoms with Crippen LogP contribution in [0.1, 0.15) is 10.4 Å². The fourth-order valence-electron chi connectivity index (χ4n) is 2.27. The van der Waals surface area contributed by atoms with E-state index >= 15 is 0 Å². The number of pyridine rings is 1. The molecule has 0 aliphatic rings. The summed E-state index contributed by atoms with van der Waals surface area (Å²) >= 11 is 0. The first-order valence-corrected chi connectivity index (χ1v) is 7.80. The normalized spacial score (nSPS) is 10.4. The molecular weight excluding hydrogens is 359 g/mol. The second-order valence-corrected chi connectivity index (χ2v) is 5.47. The van der Waals surface area contributed by atoms with E-state index in [2.05, 4.69) is 15.6 Å². The van der Waals surface area contributed by atoms with Gasteiger partial charge in [-0.2, -0.15) is 0 Å². The lowest BCUT2D eigenvalue weighted by Gasteiger charge is -2.10. The summed E-state index contributed by atoms with van der Waals surface area (Å²) < 4.78 is 45.0. The first-order valence-electron chi connectivity index (χ1n) is 7.80. The number of ether oxygens (including phenoxy) is 1. The Morgan fingerprint density at radius 3 is 2.56 bits per heavy atom. The van der Waals surface area contributed by atoms with Crippen molar-refractivity contribution >= 4 is 23.1 Å². The number of carbonyl (C=O) groups excluding carboxylic acids is 1. The van der Waals surface area contributed by atoms with Crippen molar-refractivity contribution in [2.24, 2.45) is 0 Å². The summed E-state index contributed by atoms with van der Waals surface area (Å²) in [5.41, 5.74) is 0.491. The summed E-state index contributed by atoms with van der Waals surface area (Å²) in [6, 6.07) is 11.5. The maximum absolute atomic E-state index is 13.7. The third kappa shape index (κ3) is 4.17. The van der Waals surface area contributed by atoms with E-state index in [1.54, 1.807) is 24.3 Å². The van der Waals surface area contributed by atoms with Gasteiger partial charge in [0.05, 0.1) is 24.7 Å². The van der Waals surface area contributed by atoms with Gasteiger partial charge in [0.1, 0.15) is 11.6 Å². The Morgan fingerprint density at radius 2 is 1.85 bits per heavy atom. The number of nitrogens with one attached hydrogen (secondary N) is 2. The molecule has 0 fully saturated rings. The maximum Gasteiger partial charge on any atom is 0.256 e. The smallest absolute Gasteiger partial charge is 0.256 e. The Hall–Kier alpha value is -3.55. The summed E-state index contributed by atoms with van der Waals surface area (Å²) in [4.78, 5) is 16.3. The number of halogens is 3. The fourth-order valence-corrected chi connectivity index (χ4v) is 2.27. The number of rotatable bonds is 5. The first-order chi connectivity index (χ1) is 13.0. The van der Waals surface area contributed by atoms with Crippen LogP contribution in [0, 0.1) is 17.5 Å². The molecule has 0 aliphatic heterocycles. The van der Waals surface area contributed by atoms with E-state index in [1.165, 1.54) is 25.4 Å². The molecule has 0 aliphatic carbocycles. The quantitative estimate of drug-likeness (QED) is 0.647. The van der Waals surface area contributed by atoms with Gasteiger partial charge in [0.25, 0.3) is 5.91 Å². The minimum Gasteiger partial charge on any atom is -0.497 e. The van der Waals surface area contributed by atoms with Crippen LogP contribution in [0.25, 0.3) is 0 Å². The molecule has 2 aromatic carbocycles. The number of methoxy groups -OCH3 is 1. The summed E-state index contributed by atoms with van der Waals surface area (Å²) in [5.74, 6) is -3.73. The number of anilines is 3. The van der Waals surface area contributed by atoms with Crippen LogP contribution in [0.5, 0.6) is 5.75 Å². The molecule has 27 heavy (non-hydrogen) atoms. The highest BCUT2D eigenvalue weighted by Gasteiger charge is 2.13. The van der Waals surface area contributed by atoms with Gasteiger partial charge in [-0.05, 0) is 42.5 Å². The summed E-state index contributed by atoms with van der Waals surface area (Å²) in [5, 5.41) is 5.21. The van der Waals surface area contributed by atoms with Gasteiger partial charge in [0.2, 0.25) is 0 Å². The van der Waals surface area contributed by atoms with Gasteiger partial charge in [-0.25, -0.2) is 18.2 Å². The summed E-state index contributed by atoms with van der Waals surface area (Å²) in [7, 11) is 1.50. The molecule has 1 aromatic heterocycles. The molecule has 0 atom stereocenters. The second kappa shape index (κ2) is 7.77. The molecule has 2 N–H and O–H groups in total. The number of carbonyl (C=O) groups is 1. The van der Waals surface area contributed by atoms with E-state index in [0.29, 0.717) is 17.0 Å². The third-order valence-electron chi connectivity index (χ3n) is 3.65. The van der Waals surface area contributed by atoms with E-state index in [1.807, 2.05) is 0 Å². The van der Waals surface area contributed by atoms with Crippen molar-refractivity contribution in [3.63, 3.8) is 0 Å². The molecule has 5 nitrogen and oxygen atoms in total. The lowest BCUT2D eigenvalue weighted by Crippen LogP contribution is -2.13. The van der Waals surface area contributed by atoms with Gasteiger partial charge in [0.15, 0.2) is 17.5 Å². The van der Waals surface area contributed by atoms with Gasteiger partial charge in [-0.3, -0.25) is 4.79 Å². The second-order valence-electron chi connectivity index (χ2n) is 5.47. The highest BCUT2D eigenvalue weighted by molar-refractivity contribution is 6.04. The van der Waals surface area contributed by atoms with Crippen LogP contribution in [0.4, 0.5) is 30.4 Å². The van der Waals surface area contributed by atoms with E-state index in [-0.39, 0.29) is 17.4 Å². The van der Waals surface area contributed by atoms with Crippen LogP contribution in [-0.4, -0.2) is 18.0 Å². The molecule has 1 heterocycles. The first kappa shape index (κ1) is 18.2. The van der Waals surface area contributed by atoms with Gasteiger partial charge < -0.3 is 15.4 Å². The van der Waals surface area contributed by atoms with E-state index in [9.17, 15) is 18.0 Å². The van der Waals surface area contributed by atoms with Gasteiger partial charge in [0, 0.05) is 5.56 Å². The highest BCUT2D eigenvalue weighted by Crippen LogP contribution is 2.24. The zero-order valence-electron chi connectivity index (χ0n) is 14.1. The topological polar surface area (TPSA) is 63.2 Å². The number of hydrogen-bond donors (Lipinski definition) is 2. The maximum atomic E-state index is 13.7. The lowest BCUT2D eigenvalue weighted by molar-refractivity contribution is 0.102. The molecule has 3 rings (SSSR count). The fraction of sp³-hybridized carbons (Fsp3) is 0.0526. The molecule has 0 radical (unpaired) electrons. The van der Waals surface area contributed by atoms with Gasteiger partial charge in [-0.15, -0.1) is 0 Å². The van der Waals surface area contributed by atoms with Crippen molar-refractivity contribution in [3.8, 4) is 5.75 Å². The molecule has 8 heteroatoms. The third-order valence-corrected chi connectivity index (χ3v) is 3.65. The predicted molar refractivity (Wildman–Crippen MR) is 94.8 cm³/mol. The lowest BCUT2D eigenvalue weighted by atomic mass is 10.2. The Morgan fingerprint density at radius 1 is 1.04 bits per heavy atom. The van der Waals surface area contributed by atoms with Crippen LogP contribution < -0.4 is 15.4 Å². The summed E-state index contributed by atoms with van der Waals surface area (Å²) in [6.07, 6.45) is 1.32. The summed E-state index contributed by atoms with van der Waals surface area (Å²) in [6.45, 7) is 0. The average molecular weight is 373 g/mol. The standard InChI is InChI=1S/C19H14F3N3O2/c1-27-13-4-2-3-11(9-13)19(26)25-16-8-5-12(10-23-16)24-15-7-6-14(20)17(21)18(15)22/h2-10,24H,1H3,(H,23,25,26). The van der Waals surface area contributed by atoms with Gasteiger partial charge >= 0.3 is 0 Å². The van der Waals surface area contributed by atoms with Crippen molar-refractivity contribution in [2.75, 3.05) is 17.7 Å². The van der Waals surface area contributed by atoms with Crippen molar-refractivity contribution in [1.29, 1.82) is 0 Å². The minimum absolute atomic E-state index is 0.233. The largest absolute Gasteiger partial charge is 0.497 e. The van der Waals surface area contributed by atoms with E-state index in [0.717, 1.165) is 12.1 Å².